The molecular formula is C14H16F3N3OS. The second-order valence-electron chi connectivity index (χ2n) is 5.80. The van der Waals surface area contributed by atoms with Crippen molar-refractivity contribution in [2.24, 2.45) is 13.0 Å². The van der Waals surface area contributed by atoms with Gasteiger partial charge < -0.3 is 4.90 Å². The molecule has 0 bridgehead atoms. The molecule has 0 spiro atoms. The van der Waals surface area contributed by atoms with Crippen LogP contribution >= 0.6 is 11.3 Å². The molecule has 2 aromatic heterocycles. The lowest BCUT2D eigenvalue weighted by Crippen LogP contribution is -2.38. The Balaban J connectivity index is 1.97. The lowest BCUT2D eigenvalue weighted by atomic mass is 10.0. The second-order valence-corrected chi connectivity index (χ2v) is 6.83. The maximum atomic E-state index is 13.0. The van der Waals surface area contributed by atoms with Crippen molar-refractivity contribution in [1.82, 2.24) is 14.7 Å². The average molecular weight is 331 g/mol. The van der Waals surface area contributed by atoms with Crippen molar-refractivity contribution in [1.29, 1.82) is 0 Å². The Labute approximate surface area is 129 Å². The van der Waals surface area contributed by atoms with Gasteiger partial charge in [0.2, 0.25) is 0 Å². The standard InChI is InChI=1S/C14H16F3N3OS/c1-8-4-3-5-20(7-8)12(21)10-6-9-11(14(15,16)17)18-19(2)13(9)22-10/h6,8H,3-5,7H2,1-2H3. The zero-order chi connectivity index (χ0) is 16.1. The summed E-state index contributed by atoms with van der Waals surface area (Å²) < 4.78 is 40.1. The van der Waals surface area contributed by atoms with Crippen LogP contribution in [0.3, 0.4) is 0 Å². The average Bonchev–Trinajstić information content (AvgIpc) is 2.98. The number of likely N-dealkylation sites (tertiary alicyclic amines) is 1. The smallest absolute Gasteiger partial charge is 0.338 e. The van der Waals surface area contributed by atoms with E-state index in [9.17, 15) is 18.0 Å². The summed E-state index contributed by atoms with van der Waals surface area (Å²) in [5.74, 6) is 0.250. The molecule has 1 aliphatic rings. The maximum absolute atomic E-state index is 13.0. The van der Waals surface area contributed by atoms with Crippen LogP contribution in [0.25, 0.3) is 10.2 Å². The number of fused-ring (bicyclic) bond motifs is 1. The molecule has 0 N–H and O–H groups in total. The number of thiophene rings is 1. The molecule has 22 heavy (non-hydrogen) atoms. The number of rotatable bonds is 1. The lowest BCUT2D eigenvalue weighted by Gasteiger charge is -2.30. The molecule has 3 heterocycles. The molecule has 1 saturated heterocycles. The van der Waals surface area contributed by atoms with E-state index in [1.54, 1.807) is 4.90 Å². The number of nitrogens with zero attached hydrogens (tertiary/aromatic N) is 3. The summed E-state index contributed by atoms with van der Waals surface area (Å²) in [6.45, 7) is 3.41. The Bertz CT molecular complexity index is 719. The highest BCUT2D eigenvalue weighted by atomic mass is 32.1. The van der Waals surface area contributed by atoms with E-state index in [2.05, 4.69) is 12.0 Å². The third-order valence-corrected chi connectivity index (χ3v) is 5.12. The Kier molecular flexibility index (Phi) is 3.66. The zero-order valence-electron chi connectivity index (χ0n) is 12.3. The summed E-state index contributed by atoms with van der Waals surface area (Å²) in [4.78, 5) is 15.0. The van der Waals surface area contributed by atoms with Gasteiger partial charge in [0.25, 0.3) is 5.91 Å². The summed E-state index contributed by atoms with van der Waals surface area (Å²) in [6.07, 6.45) is -2.49. The highest BCUT2D eigenvalue weighted by Crippen LogP contribution is 2.37. The predicted octanol–water partition coefficient (Wildman–Crippen LogP) is 3.53. The van der Waals surface area contributed by atoms with Gasteiger partial charge in [-0.3, -0.25) is 9.48 Å². The van der Waals surface area contributed by atoms with Gasteiger partial charge >= 0.3 is 6.18 Å². The number of aromatic nitrogens is 2. The minimum atomic E-state index is -4.51. The summed E-state index contributed by atoms with van der Waals surface area (Å²) >= 11 is 1.07. The highest BCUT2D eigenvalue weighted by Gasteiger charge is 2.38. The first-order valence-corrected chi connectivity index (χ1v) is 7.92. The fourth-order valence-corrected chi connectivity index (χ4v) is 3.93. The third kappa shape index (κ3) is 2.60. The van der Waals surface area contributed by atoms with Crippen molar-refractivity contribution in [2.75, 3.05) is 13.1 Å². The number of alkyl halides is 3. The molecule has 4 nitrogen and oxygen atoms in total. The molecule has 1 atom stereocenters. The lowest BCUT2D eigenvalue weighted by molar-refractivity contribution is -0.140. The predicted molar refractivity (Wildman–Crippen MR) is 77.9 cm³/mol. The highest BCUT2D eigenvalue weighted by molar-refractivity contribution is 7.20. The van der Waals surface area contributed by atoms with Gasteiger partial charge in [-0.1, -0.05) is 6.92 Å². The van der Waals surface area contributed by atoms with E-state index in [0.717, 1.165) is 24.2 Å². The number of piperidine rings is 1. The van der Waals surface area contributed by atoms with E-state index in [4.69, 9.17) is 0 Å². The van der Waals surface area contributed by atoms with Crippen molar-refractivity contribution >= 4 is 27.5 Å². The number of amides is 1. The largest absolute Gasteiger partial charge is 0.435 e. The molecule has 0 aromatic carbocycles. The van der Waals surface area contributed by atoms with Crippen molar-refractivity contribution in [3.8, 4) is 0 Å². The van der Waals surface area contributed by atoms with Crippen LogP contribution in [0.1, 0.15) is 35.1 Å². The molecule has 120 valence electrons. The molecule has 0 radical (unpaired) electrons. The van der Waals surface area contributed by atoms with Crippen molar-refractivity contribution in [2.45, 2.75) is 25.9 Å². The van der Waals surface area contributed by atoms with Gasteiger partial charge in [0.15, 0.2) is 5.69 Å². The molecule has 8 heteroatoms. The van der Waals surface area contributed by atoms with E-state index in [-0.39, 0.29) is 11.3 Å². The monoisotopic (exact) mass is 331 g/mol. The molecule has 3 rings (SSSR count). The van der Waals surface area contributed by atoms with Gasteiger partial charge in [-0.05, 0) is 24.8 Å². The summed E-state index contributed by atoms with van der Waals surface area (Å²) in [5, 5.41) is 3.53. The fraction of sp³-hybridized carbons (Fsp3) is 0.571. The molecular weight excluding hydrogens is 315 g/mol. The van der Waals surface area contributed by atoms with Gasteiger partial charge in [0, 0.05) is 25.5 Å². The first-order chi connectivity index (χ1) is 10.3. The summed E-state index contributed by atoms with van der Waals surface area (Å²) in [5.41, 5.74) is -0.924. The van der Waals surface area contributed by atoms with E-state index >= 15 is 0 Å². The number of carbonyl (C=O) groups is 1. The summed E-state index contributed by atoms with van der Waals surface area (Å²) in [6, 6.07) is 1.33. The summed E-state index contributed by atoms with van der Waals surface area (Å²) in [7, 11) is 1.46. The van der Waals surface area contributed by atoms with Gasteiger partial charge in [0.1, 0.15) is 4.83 Å². The van der Waals surface area contributed by atoms with Gasteiger partial charge in [-0.25, -0.2) is 0 Å². The molecule has 0 saturated carbocycles. The molecule has 1 amide bonds. The zero-order valence-corrected chi connectivity index (χ0v) is 13.1. The maximum Gasteiger partial charge on any atom is 0.435 e. The normalized spacial score (nSPS) is 19.9. The number of hydrogen-bond donors (Lipinski definition) is 0. The SMILES string of the molecule is CC1CCCN(C(=O)c2cc3c(C(F)(F)F)nn(C)c3s2)C1. The minimum absolute atomic E-state index is 0.00779. The second kappa shape index (κ2) is 5.26. The number of aryl methyl sites for hydroxylation is 1. The minimum Gasteiger partial charge on any atom is -0.338 e. The van der Waals surface area contributed by atoms with Crippen molar-refractivity contribution in [3.05, 3.63) is 16.6 Å². The Morgan fingerprint density at radius 2 is 2.18 bits per heavy atom. The fourth-order valence-electron chi connectivity index (χ4n) is 2.89. The third-order valence-electron chi connectivity index (χ3n) is 3.94. The van der Waals surface area contributed by atoms with Crippen LogP contribution in [0.15, 0.2) is 6.07 Å². The van der Waals surface area contributed by atoms with Crippen molar-refractivity contribution < 1.29 is 18.0 Å². The van der Waals surface area contributed by atoms with Crippen LogP contribution in [-0.4, -0.2) is 33.7 Å². The number of hydrogen-bond acceptors (Lipinski definition) is 3. The van der Waals surface area contributed by atoms with Crippen LogP contribution in [0.5, 0.6) is 0 Å². The Morgan fingerprint density at radius 3 is 2.82 bits per heavy atom. The molecule has 1 aliphatic heterocycles. The molecule has 1 unspecified atom stereocenters. The van der Waals surface area contributed by atoms with Gasteiger partial charge in [-0.2, -0.15) is 18.3 Å². The van der Waals surface area contributed by atoms with E-state index in [0.29, 0.717) is 28.7 Å². The van der Waals surface area contributed by atoms with Crippen LogP contribution in [0.2, 0.25) is 0 Å². The van der Waals surface area contributed by atoms with Crippen molar-refractivity contribution in [3.63, 3.8) is 0 Å². The first kappa shape index (κ1) is 15.3. The van der Waals surface area contributed by atoms with Crippen LogP contribution in [-0.2, 0) is 13.2 Å². The molecule has 1 fully saturated rings. The van der Waals surface area contributed by atoms with Gasteiger partial charge in [-0.15, -0.1) is 11.3 Å². The van der Waals surface area contributed by atoms with Crippen LogP contribution in [0, 0.1) is 5.92 Å². The van der Waals surface area contributed by atoms with Crippen LogP contribution < -0.4 is 0 Å². The topological polar surface area (TPSA) is 38.1 Å². The van der Waals surface area contributed by atoms with Crippen LogP contribution in [0.4, 0.5) is 13.2 Å². The molecule has 2 aromatic rings. The van der Waals surface area contributed by atoms with E-state index in [1.807, 2.05) is 0 Å². The number of carbonyl (C=O) groups excluding carboxylic acids is 1. The van der Waals surface area contributed by atoms with E-state index < -0.39 is 11.9 Å². The first-order valence-electron chi connectivity index (χ1n) is 7.10. The van der Waals surface area contributed by atoms with E-state index in [1.165, 1.54) is 17.8 Å². The Morgan fingerprint density at radius 1 is 1.45 bits per heavy atom. The Hall–Kier alpha value is -1.57. The molecule has 0 aliphatic carbocycles. The number of halogens is 3. The quantitative estimate of drug-likeness (QED) is 0.802. The van der Waals surface area contributed by atoms with Gasteiger partial charge in [0.05, 0.1) is 4.88 Å².